The number of likely N-dealkylation sites (tertiary alicyclic amines) is 1. The Balaban J connectivity index is 1.61. The van der Waals surface area contributed by atoms with Gasteiger partial charge in [-0.05, 0) is 63.8 Å². The normalized spacial score (nSPS) is 15.9. The van der Waals surface area contributed by atoms with Crippen molar-refractivity contribution in [3.8, 4) is 17.2 Å². The van der Waals surface area contributed by atoms with Gasteiger partial charge < -0.3 is 9.64 Å². The molecule has 1 unspecified atom stereocenters. The summed E-state index contributed by atoms with van der Waals surface area (Å²) in [5.41, 5.74) is 3.87. The van der Waals surface area contributed by atoms with Crippen molar-refractivity contribution in [1.82, 2.24) is 24.6 Å². The van der Waals surface area contributed by atoms with E-state index in [2.05, 4.69) is 28.2 Å². The highest BCUT2D eigenvalue weighted by atomic mass is 32.2. The van der Waals surface area contributed by atoms with Crippen LogP contribution in [-0.2, 0) is 14.3 Å². The number of nitrogens with zero attached hydrogens (tertiary/aromatic N) is 5. The molecule has 0 spiro atoms. The molecule has 3 heterocycles. The molecule has 2 aromatic heterocycles. The first-order chi connectivity index (χ1) is 16.5. The van der Waals surface area contributed by atoms with Crippen LogP contribution in [0.1, 0.15) is 37.3 Å². The first kappa shape index (κ1) is 23.9. The molecule has 1 atom stereocenters. The molecule has 1 aliphatic rings. The largest absolute Gasteiger partial charge is 0.464 e. The van der Waals surface area contributed by atoms with Crippen LogP contribution in [0.25, 0.3) is 17.2 Å². The summed E-state index contributed by atoms with van der Waals surface area (Å²) in [4.78, 5) is 31.7. The van der Waals surface area contributed by atoms with Crippen LogP contribution in [0.5, 0.6) is 0 Å². The maximum Gasteiger partial charge on any atom is 0.328 e. The molecule has 4 rings (SSSR count). The summed E-state index contributed by atoms with van der Waals surface area (Å²) in [6.07, 6.45) is 4.15. The van der Waals surface area contributed by atoms with Crippen LogP contribution in [0.2, 0.25) is 0 Å². The summed E-state index contributed by atoms with van der Waals surface area (Å²) >= 11 is 1.32. The van der Waals surface area contributed by atoms with E-state index in [4.69, 9.17) is 4.74 Å². The fourth-order valence-electron chi connectivity index (χ4n) is 4.22. The van der Waals surface area contributed by atoms with Gasteiger partial charge in [0.2, 0.25) is 5.91 Å². The quantitative estimate of drug-likeness (QED) is 0.374. The number of hydrogen-bond donors (Lipinski definition) is 0. The Hall–Kier alpha value is -3.20. The average Bonchev–Trinajstić information content (AvgIpc) is 3.27. The van der Waals surface area contributed by atoms with E-state index in [9.17, 15) is 9.59 Å². The lowest BCUT2D eigenvalue weighted by molar-refractivity contribution is -0.155. The summed E-state index contributed by atoms with van der Waals surface area (Å²) < 4.78 is 7.16. The number of piperidine rings is 1. The molecule has 0 N–H and O–H groups in total. The van der Waals surface area contributed by atoms with Crippen molar-refractivity contribution >= 4 is 23.6 Å². The van der Waals surface area contributed by atoms with E-state index in [0.717, 1.165) is 29.7 Å². The second kappa shape index (κ2) is 10.8. The van der Waals surface area contributed by atoms with E-state index in [0.29, 0.717) is 36.2 Å². The van der Waals surface area contributed by atoms with Crippen LogP contribution in [0, 0.1) is 13.8 Å². The van der Waals surface area contributed by atoms with Crippen molar-refractivity contribution in [3.63, 3.8) is 0 Å². The predicted octanol–water partition coefficient (Wildman–Crippen LogP) is 3.98. The molecule has 1 amide bonds. The molecule has 0 saturated carbocycles. The molecular weight excluding hydrogens is 450 g/mol. The van der Waals surface area contributed by atoms with E-state index in [1.54, 1.807) is 18.0 Å². The highest BCUT2D eigenvalue weighted by molar-refractivity contribution is 7.99. The lowest BCUT2D eigenvalue weighted by Gasteiger charge is -2.33. The van der Waals surface area contributed by atoms with Crippen LogP contribution in [-0.4, -0.2) is 61.5 Å². The third-order valence-electron chi connectivity index (χ3n) is 5.83. The molecule has 1 fully saturated rings. The fourth-order valence-corrected chi connectivity index (χ4v) is 5.05. The first-order valence-corrected chi connectivity index (χ1v) is 12.5. The third kappa shape index (κ3) is 5.14. The lowest BCUT2D eigenvalue weighted by Crippen LogP contribution is -2.49. The molecular formula is C25H29N5O3S. The minimum Gasteiger partial charge on any atom is -0.464 e. The zero-order valence-corrected chi connectivity index (χ0v) is 20.5. The molecule has 8 nitrogen and oxygen atoms in total. The fraction of sp³-hybridized carbons (Fsp3) is 0.400. The zero-order valence-electron chi connectivity index (χ0n) is 19.7. The first-order valence-electron chi connectivity index (χ1n) is 11.5. The Bertz CT molecular complexity index is 1160. The molecule has 0 aliphatic carbocycles. The Kier molecular flexibility index (Phi) is 7.62. The van der Waals surface area contributed by atoms with Crippen molar-refractivity contribution in [2.24, 2.45) is 0 Å². The third-order valence-corrected chi connectivity index (χ3v) is 6.74. The molecule has 1 aliphatic heterocycles. The van der Waals surface area contributed by atoms with Crippen molar-refractivity contribution in [3.05, 3.63) is 53.7 Å². The van der Waals surface area contributed by atoms with Crippen molar-refractivity contribution in [2.45, 2.75) is 51.2 Å². The van der Waals surface area contributed by atoms with Crippen LogP contribution < -0.4 is 0 Å². The number of esters is 1. The Morgan fingerprint density at radius 3 is 2.74 bits per heavy atom. The molecule has 9 heteroatoms. The highest BCUT2D eigenvalue weighted by Gasteiger charge is 2.33. The van der Waals surface area contributed by atoms with Gasteiger partial charge in [-0.2, -0.15) is 0 Å². The van der Waals surface area contributed by atoms with Crippen molar-refractivity contribution < 1.29 is 14.3 Å². The Morgan fingerprint density at radius 1 is 1.15 bits per heavy atom. The number of amides is 1. The second-order valence-corrected chi connectivity index (χ2v) is 9.23. The summed E-state index contributed by atoms with van der Waals surface area (Å²) in [5.74, 6) is 0.347. The van der Waals surface area contributed by atoms with Gasteiger partial charge in [-0.15, -0.1) is 10.2 Å². The number of carbonyl (C=O) groups is 2. The zero-order chi connectivity index (χ0) is 24.1. The number of aromatic nitrogens is 4. The van der Waals surface area contributed by atoms with Gasteiger partial charge in [0.15, 0.2) is 11.0 Å². The van der Waals surface area contributed by atoms with Gasteiger partial charge in [-0.25, -0.2) is 4.79 Å². The van der Waals surface area contributed by atoms with E-state index in [1.807, 2.05) is 41.8 Å². The number of hydrogen-bond acceptors (Lipinski definition) is 7. The maximum absolute atomic E-state index is 13.2. The average molecular weight is 480 g/mol. The number of pyridine rings is 1. The smallest absolute Gasteiger partial charge is 0.328 e. The Morgan fingerprint density at radius 2 is 2.00 bits per heavy atom. The number of carbonyl (C=O) groups excluding carboxylic acids is 2. The summed E-state index contributed by atoms with van der Waals surface area (Å²) in [6, 6.07) is 11.3. The topological polar surface area (TPSA) is 90.2 Å². The van der Waals surface area contributed by atoms with E-state index in [-0.39, 0.29) is 17.6 Å². The van der Waals surface area contributed by atoms with Crippen LogP contribution in [0.15, 0.2) is 47.8 Å². The monoisotopic (exact) mass is 479 g/mol. The summed E-state index contributed by atoms with van der Waals surface area (Å²) in [7, 11) is 0. The summed E-state index contributed by atoms with van der Waals surface area (Å²) in [6.45, 7) is 6.74. The number of thioether (sulfide) groups is 1. The molecule has 0 radical (unpaired) electrons. The van der Waals surface area contributed by atoms with Gasteiger partial charge in [0, 0.05) is 12.7 Å². The van der Waals surface area contributed by atoms with Gasteiger partial charge in [0.25, 0.3) is 0 Å². The van der Waals surface area contributed by atoms with Crippen LogP contribution >= 0.6 is 11.8 Å². The van der Waals surface area contributed by atoms with Gasteiger partial charge in [0.1, 0.15) is 11.7 Å². The van der Waals surface area contributed by atoms with E-state index in [1.165, 1.54) is 11.8 Å². The molecule has 178 valence electrons. The maximum atomic E-state index is 13.2. The molecule has 3 aromatic rings. The van der Waals surface area contributed by atoms with Gasteiger partial charge in [-0.1, -0.05) is 35.5 Å². The summed E-state index contributed by atoms with van der Waals surface area (Å²) in [5, 5.41) is 9.42. The lowest BCUT2D eigenvalue weighted by atomic mass is 10.0. The number of aryl methyl sites for hydroxylation is 2. The van der Waals surface area contributed by atoms with E-state index >= 15 is 0 Å². The van der Waals surface area contributed by atoms with Gasteiger partial charge >= 0.3 is 5.97 Å². The number of ether oxygens (including phenoxy) is 1. The van der Waals surface area contributed by atoms with Crippen LogP contribution in [0.4, 0.5) is 0 Å². The SMILES string of the molecule is CCOC(=O)C1CCCCN1C(=O)CSc1nnc(-c2ccccn2)n1-c1ccc(C)cc1C. The number of rotatable bonds is 7. The molecule has 1 saturated heterocycles. The van der Waals surface area contributed by atoms with Gasteiger partial charge in [-0.3, -0.25) is 14.3 Å². The van der Waals surface area contributed by atoms with Crippen molar-refractivity contribution in [1.29, 1.82) is 0 Å². The number of benzene rings is 1. The van der Waals surface area contributed by atoms with Crippen molar-refractivity contribution in [2.75, 3.05) is 18.9 Å². The minimum atomic E-state index is -0.511. The highest BCUT2D eigenvalue weighted by Crippen LogP contribution is 2.30. The van der Waals surface area contributed by atoms with E-state index < -0.39 is 6.04 Å². The predicted molar refractivity (Wildman–Crippen MR) is 131 cm³/mol. The Labute approximate surface area is 203 Å². The molecule has 1 aromatic carbocycles. The molecule has 0 bridgehead atoms. The van der Waals surface area contributed by atoms with Crippen LogP contribution in [0.3, 0.4) is 0 Å². The second-order valence-electron chi connectivity index (χ2n) is 8.29. The molecule has 34 heavy (non-hydrogen) atoms. The minimum absolute atomic E-state index is 0.0997. The van der Waals surface area contributed by atoms with Gasteiger partial charge in [0.05, 0.1) is 18.0 Å². The standard InChI is InChI=1S/C25H29N5O3S/c1-4-33-24(32)21-10-6-8-14-29(21)22(31)16-34-25-28-27-23(19-9-5-7-13-26-19)30(25)20-12-11-17(2)15-18(20)3/h5,7,9,11-13,15,21H,4,6,8,10,14,16H2,1-3H3.